The summed E-state index contributed by atoms with van der Waals surface area (Å²) in [6.45, 7) is -0.117. The van der Waals surface area contributed by atoms with E-state index >= 15 is 0 Å². The van der Waals surface area contributed by atoms with Gasteiger partial charge >= 0.3 is 5.97 Å². The number of nitrogens with one attached hydrogen (secondary N) is 1. The lowest BCUT2D eigenvalue weighted by Crippen LogP contribution is -2.36. The first-order valence-corrected chi connectivity index (χ1v) is 6.19. The fourth-order valence-corrected chi connectivity index (χ4v) is 2.27. The monoisotopic (exact) mass is 287 g/mol. The van der Waals surface area contributed by atoms with Gasteiger partial charge in [0, 0.05) is 35.3 Å². The first-order valence-electron chi connectivity index (χ1n) is 6.19. The lowest BCUT2D eigenvalue weighted by Gasteiger charge is -2.27. The van der Waals surface area contributed by atoms with Crippen molar-refractivity contribution in [3.8, 4) is 0 Å². The van der Waals surface area contributed by atoms with E-state index in [2.05, 4.69) is 20.3 Å². The Morgan fingerprint density at radius 3 is 2.90 bits per heavy atom. The highest BCUT2D eigenvalue weighted by molar-refractivity contribution is 5.96. The van der Waals surface area contributed by atoms with Crippen LogP contribution in [0.3, 0.4) is 0 Å². The molecule has 0 fully saturated rings. The smallest absolute Gasteiger partial charge is 0.336 e. The van der Waals surface area contributed by atoms with Crippen molar-refractivity contribution in [3.05, 3.63) is 51.8 Å². The van der Waals surface area contributed by atoms with Gasteiger partial charge in [-0.1, -0.05) is 5.11 Å². The van der Waals surface area contributed by atoms with Crippen LogP contribution in [-0.2, 0) is 14.3 Å². The van der Waals surface area contributed by atoms with Gasteiger partial charge in [-0.15, -0.1) is 0 Å². The molecule has 1 atom stereocenters. The summed E-state index contributed by atoms with van der Waals surface area (Å²) in [5.41, 5.74) is 9.78. The quantitative estimate of drug-likeness (QED) is 0.390. The average molecular weight is 287 g/mol. The number of esters is 1. The molecule has 0 bridgehead atoms. The number of rotatable bonds is 4. The predicted molar refractivity (Wildman–Crippen MR) is 72.8 cm³/mol. The molecule has 1 unspecified atom stereocenters. The van der Waals surface area contributed by atoms with Crippen LogP contribution in [0.15, 0.2) is 40.9 Å². The molecule has 1 aromatic heterocycles. The molecule has 0 aliphatic carbocycles. The lowest BCUT2D eigenvalue weighted by molar-refractivity contribution is -0.136. The Balaban J connectivity index is 2.52. The Hall–Kier alpha value is -2.86. The molecule has 2 rings (SSSR count). The number of hydrogen-bond donors (Lipinski definition) is 1. The second-order valence-electron chi connectivity index (χ2n) is 4.36. The summed E-state index contributed by atoms with van der Waals surface area (Å²) in [5.74, 6) is -1.24. The van der Waals surface area contributed by atoms with Crippen molar-refractivity contribution in [3.63, 3.8) is 0 Å². The highest BCUT2D eigenvalue weighted by Gasteiger charge is 2.33. The van der Waals surface area contributed by atoms with Gasteiger partial charge in [0.2, 0.25) is 5.91 Å². The summed E-state index contributed by atoms with van der Waals surface area (Å²) in [5, 5.41) is 5.99. The maximum Gasteiger partial charge on any atom is 0.336 e. The van der Waals surface area contributed by atoms with Gasteiger partial charge in [0.15, 0.2) is 0 Å². The zero-order valence-corrected chi connectivity index (χ0v) is 11.3. The molecule has 2 heterocycles. The van der Waals surface area contributed by atoms with Crippen LogP contribution in [-0.4, -0.2) is 30.5 Å². The van der Waals surface area contributed by atoms with E-state index in [0.717, 1.165) is 5.56 Å². The van der Waals surface area contributed by atoms with E-state index in [-0.39, 0.29) is 24.6 Å². The summed E-state index contributed by atoms with van der Waals surface area (Å²) in [6, 6.07) is 3.47. The number of azide groups is 1. The predicted octanol–water partition coefficient (Wildman–Crippen LogP) is 1.42. The highest BCUT2D eigenvalue weighted by atomic mass is 16.5. The minimum atomic E-state index is -0.556. The molecule has 8 nitrogen and oxygen atoms in total. The summed E-state index contributed by atoms with van der Waals surface area (Å²) in [7, 11) is 1.26. The third kappa shape index (κ3) is 3.18. The molecule has 108 valence electrons. The number of methoxy groups -OCH3 is 1. The molecular weight excluding hydrogens is 274 g/mol. The van der Waals surface area contributed by atoms with Crippen LogP contribution in [0.25, 0.3) is 10.4 Å². The van der Waals surface area contributed by atoms with E-state index in [0.29, 0.717) is 5.57 Å². The van der Waals surface area contributed by atoms with Gasteiger partial charge in [0.1, 0.15) is 0 Å². The molecule has 1 amide bonds. The minimum Gasteiger partial charge on any atom is -0.466 e. The molecule has 0 aromatic carbocycles. The first-order chi connectivity index (χ1) is 10.2. The highest BCUT2D eigenvalue weighted by Crippen LogP contribution is 2.33. The van der Waals surface area contributed by atoms with Gasteiger partial charge in [0.05, 0.1) is 19.2 Å². The van der Waals surface area contributed by atoms with Gasteiger partial charge in [-0.25, -0.2) is 4.79 Å². The fourth-order valence-electron chi connectivity index (χ4n) is 2.27. The number of aromatic nitrogens is 1. The maximum atomic E-state index is 12.0. The van der Waals surface area contributed by atoms with Crippen LogP contribution >= 0.6 is 0 Å². The largest absolute Gasteiger partial charge is 0.466 e. The van der Waals surface area contributed by atoms with E-state index in [1.807, 2.05) is 0 Å². The molecular formula is C13H13N5O3. The van der Waals surface area contributed by atoms with Gasteiger partial charge < -0.3 is 10.1 Å². The summed E-state index contributed by atoms with van der Waals surface area (Å²) < 4.78 is 4.79. The second-order valence-corrected chi connectivity index (χ2v) is 4.36. The molecule has 1 aliphatic heterocycles. The van der Waals surface area contributed by atoms with Crippen LogP contribution in [0, 0.1) is 0 Å². The normalized spacial score (nSPS) is 17.8. The van der Waals surface area contributed by atoms with Crippen LogP contribution < -0.4 is 5.32 Å². The second kappa shape index (κ2) is 6.53. The van der Waals surface area contributed by atoms with Crippen molar-refractivity contribution in [2.45, 2.75) is 12.3 Å². The van der Waals surface area contributed by atoms with Crippen molar-refractivity contribution < 1.29 is 14.3 Å². The van der Waals surface area contributed by atoms with Crippen molar-refractivity contribution in [2.75, 3.05) is 13.7 Å². The van der Waals surface area contributed by atoms with E-state index in [1.165, 1.54) is 7.11 Å². The Labute approximate surface area is 120 Å². The Morgan fingerprint density at radius 1 is 1.57 bits per heavy atom. The Morgan fingerprint density at radius 2 is 2.29 bits per heavy atom. The van der Waals surface area contributed by atoms with Crippen molar-refractivity contribution in [2.24, 2.45) is 5.11 Å². The van der Waals surface area contributed by atoms with Crippen molar-refractivity contribution in [1.29, 1.82) is 0 Å². The van der Waals surface area contributed by atoms with Crippen LogP contribution in [0.4, 0.5) is 0 Å². The van der Waals surface area contributed by atoms with E-state index < -0.39 is 11.9 Å². The zero-order valence-electron chi connectivity index (χ0n) is 11.3. The first kappa shape index (κ1) is 14.5. The third-order valence-corrected chi connectivity index (χ3v) is 3.16. The molecule has 1 aromatic rings. The summed E-state index contributed by atoms with van der Waals surface area (Å²) in [6.07, 6.45) is 3.29. The fraction of sp³-hybridized carbons (Fsp3) is 0.308. The minimum absolute atomic E-state index is 0.117. The number of carbonyl (C=O) groups is 2. The Bertz CT molecular complexity index is 634. The summed E-state index contributed by atoms with van der Waals surface area (Å²) in [4.78, 5) is 30.4. The van der Waals surface area contributed by atoms with E-state index in [1.54, 1.807) is 24.5 Å². The maximum absolute atomic E-state index is 12.0. The number of amides is 1. The van der Waals surface area contributed by atoms with Gasteiger partial charge in [-0.3, -0.25) is 9.78 Å². The molecule has 1 aliphatic rings. The molecule has 8 heteroatoms. The number of carbonyl (C=O) groups excluding carboxylic acids is 2. The molecule has 0 spiro atoms. The SMILES string of the molecule is COC(=O)C1=C(CN=[N+]=[N-])NC(=O)CC1c1ccncc1. The van der Waals surface area contributed by atoms with Crippen LogP contribution in [0.2, 0.25) is 0 Å². The van der Waals surface area contributed by atoms with Gasteiger partial charge in [0.25, 0.3) is 0 Å². The summed E-state index contributed by atoms with van der Waals surface area (Å²) >= 11 is 0. The van der Waals surface area contributed by atoms with Crippen molar-refractivity contribution in [1.82, 2.24) is 10.3 Å². The van der Waals surface area contributed by atoms with Gasteiger partial charge in [-0.2, -0.15) is 0 Å². The van der Waals surface area contributed by atoms with E-state index in [9.17, 15) is 9.59 Å². The average Bonchev–Trinajstić information content (AvgIpc) is 2.52. The molecule has 0 saturated heterocycles. The number of pyridine rings is 1. The number of hydrogen-bond acceptors (Lipinski definition) is 5. The third-order valence-electron chi connectivity index (χ3n) is 3.16. The molecule has 0 saturated carbocycles. The van der Waals surface area contributed by atoms with Crippen LogP contribution in [0.5, 0.6) is 0 Å². The Kier molecular flexibility index (Phi) is 4.53. The standard InChI is InChI=1S/C13H13N5O3/c1-21-13(20)12-9(8-2-4-15-5-3-8)6-11(19)17-10(12)7-16-18-14/h2-5,9H,6-7H2,1H3,(H,17,19). The van der Waals surface area contributed by atoms with Crippen molar-refractivity contribution >= 4 is 11.9 Å². The molecule has 0 radical (unpaired) electrons. The topological polar surface area (TPSA) is 117 Å². The van der Waals surface area contributed by atoms with Crippen LogP contribution in [0.1, 0.15) is 17.9 Å². The molecule has 21 heavy (non-hydrogen) atoms. The number of nitrogens with zero attached hydrogens (tertiary/aromatic N) is 4. The van der Waals surface area contributed by atoms with Gasteiger partial charge in [-0.05, 0) is 23.2 Å². The lowest BCUT2D eigenvalue weighted by atomic mass is 9.84. The zero-order chi connectivity index (χ0) is 15.2. The number of ether oxygens (including phenoxy) is 1. The molecule has 1 N–H and O–H groups in total. The van der Waals surface area contributed by atoms with E-state index in [4.69, 9.17) is 10.3 Å².